The molecule has 2 amide bonds. The first-order valence-electron chi connectivity index (χ1n) is 8.30. The number of nitrogens with two attached hydrogens (primary N) is 1. The van der Waals surface area contributed by atoms with Crippen molar-refractivity contribution in [1.82, 2.24) is 0 Å². The largest absolute Gasteiger partial charge is 0.493 e. The molecule has 0 unspecified atom stereocenters. The van der Waals surface area contributed by atoms with Crippen LogP contribution in [0.5, 0.6) is 11.5 Å². The Bertz CT molecular complexity index is 941. The van der Waals surface area contributed by atoms with Gasteiger partial charge in [0.05, 0.1) is 19.2 Å². The molecule has 2 aromatic rings. The third kappa shape index (κ3) is 6.25. The average molecular weight is 419 g/mol. The van der Waals surface area contributed by atoms with Crippen LogP contribution >= 0.6 is 11.6 Å². The molecule has 8 nitrogen and oxygen atoms in total. The highest BCUT2D eigenvalue weighted by molar-refractivity contribution is 6.32. The van der Waals surface area contributed by atoms with Crippen LogP contribution in [0.2, 0.25) is 5.02 Å². The van der Waals surface area contributed by atoms with Gasteiger partial charge in [0.1, 0.15) is 0 Å². The van der Waals surface area contributed by atoms with E-state index >= 15 is 0 Å². The molecule has 0 aliphatic heterocycles. The standard InChI is InChI=1S/C20H19ClN2O6/c1-27-16-10-12(9-15(21)19(16)28-2)3-8-18(25)29-11-17(24)23-14-6-4-13(5-7-14)20(22)26/h3-10H,11H2,1-2H3,(H2,22,26)(H,23,24)/b8-3+. The number of hydrogen-bond acceptors (Lipinski definition) is 6. The van der Waals surface area contributed by atoms with E-state index in [1.807, 2.05) is 0 Å². The number of ether oxygens (including phenoxy) is 3. The van der Waals surface area contributed by atoms with Gasteiger partial charge in [0, 0.05) is 17.3 Å². The number of benzene rings is 2. The van der Waals surface area contributed by atoms with Crippen LogP contribution in [0.3, 0.4) is 0 Å². The summed E-state index contributed by atoms with van der Waals surface area (Å²) in [5, 5.41) is 2.85. The van der Waals surface area contributed by atoms with Gasteiger partial charge in [-0.15, -0.1) is 0 Å². The van der Waals surface area contributed by atoms with Crippen LogP contribution in [-0.4, -0.2) is 38.6 Å². The molecule has 0 saturated carbocycles. The van der Waals surface area contributed by atoms with Crippen LogP contribution in [-0.2, 0) is 14.3 Å². The van der Waals surface area contributed by atoms with E-state index in [1.165, 1.54) is 44.6 Å². The number of halogens is 1. The summed E-state index contributed by atoms with van der Waals surface area (Å²) >= 11 is 6.10. The first kappa shape index (κ1) is 21.8. The second-order valence-electron chi connectivity index (χ2n) is 5.67. The second-order valence-corrected chi connectivity index (χ2v) is 6.08. The van der Waals surface area contributed by atoms with Crippen molar-refractivity contribution in [3.8, 4) is 11.5 Å². The number of anilines is 1. The summed E-state index contributed by atoms with van der Waals surface area (Å²) in [6, 6.07) is 9.20. The Kier molecular flexibility index (Phi) is 7.62. The molecule has 0 bridgehead atoms. The van der Waals surface area contributed by atoms with Gasteiger partial charge in [-0.05, 0) is 48.0 Å². The molecular weight excluding hydrogens is 400 g/mol. The van der Waals surface area contributed by atoms with E-state index in [0.29, 0.717) is 33.3 Å². The lowest BCUT2D eigenvalue weighted by molar-refractivity contribution is -0.142. The molecule has 9 heteroatoms. The number of hydrogen-bond donors (Lipinski definition) is 2. The Labute approximate surface area is 172 Å². The summed E-state index contributed by atoms with van der Waals surface area (Å²) in [6.45, 7) is -0.479. The van der Waals surface area contributed by atoms with Crippen LogP contribution in [0, 0.1) is 0 Å². The zero-order chi connectivity index (χ0) is 21.4. The second kappa shape index (κ2) is 10.1. The van der Waals surface area contributed by atoms with Crippen molar-refractivity contribution in [2.24, 2.45) is 5.73 Å². The summed E-state index contributed by atoms with van der Waals surface area (Å²) in [4.78, 5) is 34.7. The molecule has 0 aromatic heterocycles. The minimum Gasteiger partial charge on any atom is -0.493 e. The van der Waals surface area contributed by atoms with Gasteiger partial charge in [-0.25, -0.2) is 4.79 Å². The summed E-state index contributed by atoms with van der Waals surface area (Å²) in [6.07, 6.45) is 2.63. The van der Waals surface area contributed by atoms with Gasteiger partial charge in [-0.2, -0.15) is 0 Å². The fraction of sp³-hybridized carbons (Fsp3) is 0.150. The van der Waals surface area contributed by atoms with Crippen molar-refractivity contribution in [2.75, 3.05) is 26.1 Å². The summed E-state index contributed by atoms with van der Waals surface area (Å²) in [5.74, 6) is -1.02. The predicted octanol–water partition coefficient (Wildman–Crippen LogP) is 2.65. The van der Waals surface area contributed by atoms with Gasteiger partial charge in [-0.1, -0.05) is 11.6 Å². The highest BCUT2D eigenvalue weighted by Gasteiger charge is 2.10. The number of amides is 2. The fourth-order valence-electron chi connectivity index (χ4n) is 2.30. The number of nitrogens with one attached hydrogen (secondary N) is 1. The Hall–Kier alpha value is -3.52. The first-order chi connectivity index (χ1) is 13.8. The van der Waals surface area contributed by atoms with Crippen LogP contribution in [0.15, 0.2) is 42.5 Å². The lowest BCUT2D eigenvalue weighted by Crippen LogP contribution is -2.20. The SMILES string of the molecule is COc1cc(/C=C/C(=O)OCC(=O)Nc2ccc(C(N)=O)cc2)cc(Cl)c1OC. The molecule has 0 spiro atoms. The van der Waals surface area contributed by atoms with E-state index in [9.17, 15) is 14.4 Å². The van der Waals surface area contributed by atoms with Crippen molar-refractivity contribution in [3.05, 3.63) is 58.6 Å². The monoisotopic (exact) mass is 418 g/mol. The number of rotatable bonds is 8. The maximum absolute atomic E-state index is 11.9. The smallest absolute Gasteiger partial charge is 0.331 e. The normalized spacial score (nSPS) is 10.4. The number of carbonyl (C=O) groups is 3. The Morgan fingerprint density at radius 3 is 2.38 bits per heavy atom. The van der Waals surface area contributed by atoms with Crippen molar-refractivity contribution >= 4 is 41.1 Å². The number of methoxy groups -OCH3 is 2. The van der Waals surface area contributed by atoms with Gasteiger partial charge in [0.2, 0.25) is 5.91 Å². The van der Waals surface area contributed by atoms with E-state index in [4.69, 9.17) is 31.5 Å². The van der Waals surface area contributed by atoms with Crippen LogP contribution < -0.4 is 20.5 Å². The average Bonchev–Trinajstić information content (AvgIpc) is 2.70. The topological polar surface area (TPSA) is 117 Å². The quantitative estimate of drug-likeness (QED) is 0.502. The van der Waals surface area contributed by atoms with E-state index in [1.54, 1.807) is 12.1 Å². The maximum Gasteiger partial charge on any atom is 0.331 e. The van der Waals surface area contributed by atoms with Gasteiger partial charge < -0.3 is 25.3 Å². The molecule has 0 aliphatic rings. The molecule has 0 radical (unpaired) electrons. The molecule has 2 aromatic carbocycles. The van der Waals surface area contributed by atoms with Gasteiger partial charge in [0.25, 0.3) is 5.91 Å². The van der Waals surface area contributed by atoms with Gasteiger partial charge in [-0.3, -0.25) is 9.59 Å². The highest BCUT2D eigenvalue weighted by atomic mass is 35.5. The third-order valence-electron chi connectivity index (χ3n) is 3.67. The fourth-order valence-corrected chi connectivity index (χ4v) is 2.59. The lowest BCUT2D eigenvalue weighted by Gasteiger charge is -2.10. The molecule has 0 atom stereocenters. The van der Waals surface area contributed by atoms with Gasteiger partial charge in [0.15, 0.2) is 18.1 Å². The zero-order valence-corrected chi connectivity index (χ0v) is 16.5. The van der Waals surface area contributed by atoms with Crippen molar-refractivity contribution in [3.63, 3.8) is 0 Å². The molecule has 0 heterocycles. The number of carbonyl (C=O) groups excluding carboxylic acids is 3. The molecule has 152 valence electrons. The van der Waals surface area contributed by atoms with Crippen molar-refractivity contribution in [1.29, 1.82) is 0 Å². The molecule has 0 saturated heterocycles. The Balaban J connectivity index is 1.89. The highest BCUT2D eigenvalue weighted by Crippen LogP contribution is 2.36. The minimum absolute atomic E-state index is 0.315. The van der Waals surface area contributed by atoms with E-state index in [2.05, 4.69) is 5.32 Å². The summed E-state index contributed by atoms with van der Waals surface area (Å²) in [5.41, 5.74) is 6.48. The van der Waals surface area contributed by atoms with Crippen LogP contribution in [0.25, 0.3) is 6.08 Å². The maximum atomic E-state index is 11.9. The molecule has 2 rings (SSSR count). The Morgan fingerprint density at radius 1 is 1.10 bits per heavy atom. The molecule has 0 aliphatic carbocycles. The van der Waals surface area contributed by atoms with E-state index < -0.39 is 24.4 Å². The summed E-state index contributed by atoms with van der Waals surface area (Å²) in [7, 11) is 2.93. The molecule has 29 heavy (non-hydrogen) atoms. The summed E-state index contributed by atoms with van der Waals surface area (Å²) < 4.78 is 15.2. The predicted molar refractivity (Wildman–Crippen MR) is 108 cm³/mol. The molecule has 0 fully saturated rings. The van der Waals surface area contributed by atoms with E-state index in [-0.39, 0.29) is 0 Å². The molecule has 3 N–H and O–H groups in total. The van der Waals surface area contributed by atoms with Crippen molar-refractivity contribution < 1.29 is 28.6 Å². The van der Waals surface area contributed by atoms with E-state index in [0.717, 1.165) is 6.08 Å². The lowest BCUT2D eigenvalue weighted by atomic mass is 10.2. The first-order valence-corrected chi connectivity index (χ1v) is 8.68. The van der Waals surface area contributed by atoms with Crippen LogP contribution in [0.1, 0.15) is 15.9 Å². The molecular formula is C20H19ClN2O6. The van der Waals surface area contributed by atoms with Gasteiger partial charge >= 0.3 is 5.97 Å². The Morgan fingerprint density at radius 2 is 1.79 bits per heavy atom. The van der Waals surface area contributed by atoms with Crippen molar-refractivity contribution in [2.45, 2.75) is 0 Å². The number of primary amides is 1. The third-order valence-corrected chi connectivity index (χ3v) is 3.95. The zero-order valence-electron chi connectivity index (χ0n) is 15.7. The minimum atomic E-state index is -0.713. The van der Waals surface area contributed by atoms with Crippen LogP contribution in [0.4, 0.5) is 5.69 Å². The number of esters is 1.